The number of rotatable bonds is 0. The van der Waals surface area contributed by atoms with Gasteiger partial charge in [-0.3, -0.25) is 0 Å². The third-order valence-corrected chi connectivity index (χ3v) is 0. The number of hydrogen-bond acceptors (Lipinski definition) is 3. The molecule has 0 saturated heterocycles. The molecule has 0 aromatic rings. The molecule has 0 radical (unpaired) electrons. The van der Waals surface area contributed by atoms with E-state index in [-0.39, 0.29) is 52.3 Å². The van der Waals surface area contributed by atoms with Crippen LogP contribution in [0.5, 0.6) is 0 Å². The minimum absolute atomic E-state index is 0. The SMILES string of the molecule is O.O.O.O.O.O.[O-][Br+2]([O-])O.[Zn]. The molecule has 0 aromatic carbocycles. The summed E-state index contributed by atoms with van der Waals surface area (Å²) in [5, 5.41) is 0. The Kier molecular flexibility index (Phi) is 640. The summed E-state index contributed by atoms with van der Waals surface area (Å²) < 4.78 is 24.3. The van der Waals surface area contributed by atoms with Crippen molar-refractivity contribution in [3.63, 3.8) is 0 Å². The first-order valence-electron chi connectivity index (χ1n) is 0.478. The molecule has 13 N–H and O–H groups in total. The van der Waals surface area contributed by atoms with Crippen molar-refractivity contribution in [2.45, 2.75) is 0 Å². The fraction of sp³-hybridized carbons (Fsp3) is 0. The third kappa shape index (κ3) is 1490. The van der Waals surface area contributed by atoms with Crippen LogP contribution in [-0.2, 0) is 19.5 Å². The Hall–Kier alpha value is 0.743. The molecule has 0 atom stereocenters. The van der Waals surface area contributed by atoms with E-state index in [9.17, 15) is 0 Å². The van der Waals surface area contributed by atoms with E-state index in [0.717, 1.165) is 0 Å². The summed E-state index contributed by atoms with van der Waals surface area (Å²) in [5.41, 5.74) is 0. The summed E-state index contributed by atoms with van der Waals surface area (Å²) >= 11 is -3.40. The van der Waals surface area contributed by atoms with E-state index in [1.54, 1.807) is 0 Å². The molecule has 0 heterocycles. The summed E-state index contributed by atoms with van der Waals surface area (Å²) in [6.07, 6.45) is 0. The Balaban J connectivity index is -0.00000000214. The molecule has 0 bridgehead atoms. The van der Waals surface area contributed by atoms with E-state index in [4.69, 9.17) is 12.6 Å². The van der Waals surface area contributed by atoms with Crippen LogP contribution in [0.3, 0.4) is 0 Å². The van der Waals surface area contributed by atoms with Gasteiger partial charge in [-0.25, -0.2) is 0 Å². The van der Waals surface area contributed by atoms with Crippen LogP contribution in [0.15, 0.2) is 0 Å². The molecule has 0 amide bonds. The van der Waals surface area contributed by atoms with Crippen molar-refractivity contribution < 1.29 is 79.7 Å². The Morgan fingerprint density at radius 3 is 0.727 bits per heavy atom. The van der Waals surface area contributed by atoms with E-state index < -0.39 is 14.8 Å². The molecule has 0 rings (SSSR count). The third-order valence-electron chi connectivity index (χ3n) is 0. The van der Waals surface area contributed by atoms with Crippen LogP contribution < -0.4 is 8.40 Å². The predicted octanol–water partition coefficient (Wildman–Crippen LogP) is -7.89. The van der Waals surface area contributed by atoms with Gasteiger partial charge in [0.1, 0.15) is 0 Å². The van der Waals surface area contributed by atoms with Crippen LogP contribution in [0, 0.1) is 14.8 Å². The van der Waals surface area contributed by atoms with Gasteiger partial charge in [-0.1, -0.05) is 0 Å². The molecule has 9 nitrogen and oxygen atoms in total. The maximum absolute atomic E-state index is 8.63. The zero-order valence-electron chi connectivity index (χ0n) is 5.35. The van der Waals surface area contributed by atoms with E-state index >= 15 is 0 Å². The summed E-state index contributed by atoms with van der Waals surface area (Å²) in [6.45, 7) is 0. The maximum Gasteiger partial charge on any atom is 0.433 e. The molecule has 0 unspecified atom stereocenters. The molecule has 0 aliphatic carbocycles. The number of halogens is 1. The minimum Gasteiger partial charge on any atom is -0.412 e. The van der Waals surface area contributed by atoms with E-state index in [1.165, 1.54) is 0 Å². The molecule has 0 saturated carbocycles. The van der Waals surface area contributed by atoms with Crippen LogP contribution in [0.2, 0.25) is 0 Å². The van der Waals surface area contributed by atoms with Crippen LogP contribution in [0.25, 0.3) is 0 Å². The summed E-state index contributed by atoms with van der Waals surface area (Å²) in [6, 6.07) is 0. The van der Waals surface area contributed by atoms with Crippen LogP contribution in [0.4, 0.5) is 0 Å². The zero-order valence-corrected chi connectivity index (χ0v) is 9.90. The molecule has 0 aliphatic heterocycles. The van der Waals surface area contributed by atoms with Crippen molar-refractivity contribution in [3.8, 4) is 0 Å². The average Bonchev–Trinajstić information content (AvgIpc) is 0.811. The first-order chi connectivity index (χ1) is 1.73. The Labute approximate surface area is 80.1 Å². The van der Waals surface area contributed by atoms with E-state index in [1.807, 2.05) is 0 Å². The fourth-order valence-electron chi connectivity index (χ4n) is 0. The molecule has 0 fully saturated rings. The van der Waals surface area contributed by atoms with Gasteiger partial charge in [-0.2, -0.15) is 0 Å². The fourth-order valence-corrected chi connectivity index (χ4v) is 0. The maximum atomic E-state index is 8.63. The molecular formula is H13BrO9Zn. The Bertz CT molecular complexity index is 14.3. The van der Waals surface area contributed by atoms with Crippen molar-refractivity contribution in [1.29, 1.82) is 0 Å². The van der Waals surface area contributed by atoms with Crippen molar-refractivity contribution in [1.82, 2.24) is 0 Å². The van der Waals surface area contributed by atoms with Gasteiger partial charge in [-0.05, 0) is 4.20 Å². The predicted molar refractivity (Wildman–Crippen MR) is 23.9 cm³/mol. The Morgan fingerprint density at radius 1 is 0.727 bits per heavy atom. The first kappa shape index (κ1) is 96.7. The van der Waals surface area contributed by atoms with Gasteiger partial charge in [0.2, 0.25) is 0 Å². The second kappa shape index (κ2) is 72.8. The quantitative estimate of drug-likeness (QED) is 0.427. The average molecular weight is 302 g/mol. The normalized spacial score (nSPS) is 3.27. The van der Waals surface area contributed by atoms with Gasteiger partial charge in [-0.15, -0.1) is 0 Å². The van der Waals surface area contributed by atoms with Crippen LogP contribution in [0.1, 0.15) is 0 Å². The Morgan fingerprint density at radius 2 is 0.727 bits per heavy atom. The second-order valence-electron chi connectivity index (χ2n) is 0.201. The van der Waals surface area contributed by atoms with E-state index in [2.05, 4.69) is 0 Å². The first-order valence-corrected chi connectivity index (χ1v) is 2.48. The van der Waals surface area contributed by atoms with Gasteiger partial charge >= 0.3 is 14.8 Å². The van der Waals surface area contributed by atoms with Gasteiger partial charge in [0.25, 0.3) is 0 Å². The second-order valence-corrected chi connectivity index (χ2v) is 1.04. The topological polar surface area (TPSA) is 255 Å². The smallest absolute Gasteiger partial charge is 0.412 e. The van der Waals surface area contributed by atoms with Crippen LogP contribution >= 0.6 is 0 Å². The van der Waals surface area contributed by atoms with Gasteiger partial charge in [0, 0.05) is 19.5 Å². The van der Waals surface area contributed by atoms with Crippen molar-refractivity contribution in [2.75, 3.05) is 0 Å². The van der Waals surface area contributed by atoms with Gasteiger partial charge < -0.3 is 41.3 Å². The molecule has 0 aliphatic rings. The van der Waals surface area contributed by atoms with Crippen LogP contribution in [-0.4, -0.2) is 37.1 Å². The monoisotopic (exact) mass is 300 g/mol. The van der Waals surface area contributed by atoms with Crippen molar-refractivity contribution in [3.05, 3.63) is 0 Å². The summed E-state index contributed by atoms with van der Waals surface area (Å²) in [7, 11) is 0. The summed E-state index contributed by atoms with van der Waals surface area (Å²) in [5.74, 6) is 0. The minimum atomic E-state index is -3.40. The summed E-state index contributed by atoms with van der Waals surface area (Å²) in [4.78, 5) is 0. The zero-order chi connectivity index (χ0) is 3.58. The van der Waals surface area contributed by atoms with Crippen molar-refractivity contribution >= 4 is 0 Å². The molecular weight excluding hydrogens is 289 g/mol. The van der Waals surface area contributed by atoms with Gasteiger partial charge in [0.15, 0.2) is 0 Å². The molecule has 0 aromatic heterocycles. The van der Waals surface area contributed by atoms with E-state index in [0.29, 0.717) is 0 Å². The standard InChI is InChI=1S/BrHO3.6H2O.Zn/c2-1(3)4;;;;;;;/h2H;6*1H2;. The van der Waals surface area contributed by atoms with Crippen molar-refractivity contribution in [2.24, 2.45) is 0 Å². The largest absolute Gasteiger partial charge is 0.433 e. The molecule has 11 heteroatoms. The molecule has 11 heavy (non-hydrogen) atoms. The van der Waals surface area contributed by atoms with Gasteiger partial charge in [0.05, 0.1) is 0 Å². The molecule has 76 valence electrons. The number of hydrogen-bond donors (Lipinski definition) is 1. The molecule has 0 spiro atoms.